The Balaban J connectivity index is 0.000000782. The van der Waals surface area contributed by atoms with Crippen molar-refractivity contribution in [1.82, 2.24) is 9.78 Å². The number of aryl methyl sites for hydroxylation is 5. The summed E-state index contributed by atoms with van der Waals surface area (Å²) in [5.74, 6) is -3.87. The Labute approximate surface area is 242 Å². The summed E-state index contributed by atoms with van der Waals surface area (Å²) in [5, 5.41) is 21.4. The number of nitrogens with zero attached hydrogens (tertiary/aromatic N) is 3. The predicted octanol–water partition coefficient (Wildman–Crippen LogP) is 5.16. The third-order valence-electron chi connectivity index (χ3n) is 6.59. The van der Waals surface area contributed by atoms with Crippen molar-refractivity contribution in [2.24, 2.45) is 7.05 Å². The van der Waals surface area contributed by atoms with Gasteiger partial charge in [-0.05, 0) is 82.3 Å². The first-order valence-electron chi connectivity index (χ1n) is 12.7. The van der Waals surface area contributed by atoms with Crippen LogP contribution in [0, 0.1) is 34.6 Å². The maximum Gasteiger partial charge on any atom is 0.490 e. The van der Waals surface area contributed by atoms with Gasteiger partial charge >= 0.3 is 18.1 Å². The normalized spacial score (nSPS) is 11.5. The number of nitrogens with one attached hydrogen (secondary N) is 1. The molecule has 42 heavy (non-hydrogen) atoms. The molecule has 14 heteroatoms. The van der Waals surface area contributed by atoms with Crippen LogP contribution in [0.1, 0.15) is 50.4 Å². The number of carboxylic acids is 2. The minimum Gasteiger partial charge on any atom is -0.478 e. The number of halogens is 3. The fourth-order valence-electron chi connectivity index (χ4n) is 4.69. The fourth-order valence-corrected chi connectivity index (χ4v) is 6.20. The van der Waals surface area contributed by atoms with E-state index in [1.807, 2.05) is 56.6 Å². The molecule has 3 rings (SSSR count). The SMILES string of the molecule is Cc1cc(C)c(S(=O)(=O)Nc2ccc(N(C)CCCc3c(C)nn(C)c3C)c(C(=O)O)c2)c(C)c1.O=C(O)C(F)(F)F. The lowest BCUT2D eigenvalue weighted by Crippen LogP contribution is -2.22. The molecular weight excluding hydrogens is 577 g/mol. The summed E-state index contributed by atoms with van der Waals surface area (Å²) in [6.45, 7) is 10.1. The zero-order chi connectivity index (χ0) is 32.2. The second-order valence-corrected chi connectivity index (χ2v) is 11.6. The first-order valence-corrected chi connectivity index (χ1v) is 14.2. The summed E-state index contributed by atoms with van der Waals surface area (Å²) in [7, 11) is -0.117. The molecule has 0 bridgehead atoms. The van der Waals surface area contributed by atoms with Gasteiger partial charge in [0.05, 0.1) is 21.8 Å². The topological polar surface area (TPSA) is 142 Å². The fraction of sp³-hybridized carbons (Fsp3) is 0.393. The van der Waals surface area contributed by atoms with Crippen LogP contribution in [0.15, 0.2) is 35.2 Å². The molecule has 0 aliphatic carbocycles. The number of benzene rings is 2. The van der Waals surface area contributed by atoms with E-state index in [9.17, 15) is 31.5 Å². The smallest absolute Gasteiger partial charge is 0.478 e. The quantitative estimate of drug-likeness (QED) is 0.301. The molecule has 3 aromatic rings. The number of rotatable bonds is 9. The molecule has 0 atom stereocenters. The Bertz CT molecular complexity index is 1560. The van der Waals surface area contributed by atoms with Gasteiger partial charge in [0, 0.05) is 32.0 Å². The van der Waals surface area contributed by atoms with Crippen molar-refractivity contribution in [3.63, 3.8) is 0 Å². The zero-order valence-corrected chi connectivity index (χ0v) is 25.2. The van der Waals surface area contributed by atoms with Crippen molar-refractivity contribution in [3.8, 4) is 0 Å². The molecule has 0 saturated heterocycles. The molecule has 0 amide bonds. The number of aliphatic carboxylic acids is 1. The van der Waals surface area contributed by atoms with Gasteiger partial charge in [-0.15, -0.1) is 0 Å². The monoisotopic (exact) mass is 612 g/mol. The van der Waals surface area contributed by atoms with E-state index in [0.717, 1.165) is 29.8 Å². The van der Waals surface area contributed by atoms with Gasteiger partial charge in [0.2, 0.25) is 0 Å². The number of alkyl halides is 3. The van der Waals surface area contributed by atoms with E-state index < -0.39 is 28.1 Å². The van der Waals surface area contributed by atoms with E-state index in [2.05, 4.69) is 9.82 Å². The van der Waals surface area contributed by atoms with E-state index in [4.69, 9.17) is 9.90 Å². The predicted molar refractivity (Wildman–Crippen MR) is 153 cm³/mol. The third kappa shape index (κ3) is 8.47. The molecular formula is C28H35F3N4O6S. The molecule has 3 N–H and O–H groups in total. The summed E-state index contributed by atoms with van der Waals surface area (Å²) in [6.07, 6.45) is -3.42. The van der Waals surface area contributed by atoms with Crippen LogP contribution in [0.2, 0.25) is 0 Å². The average molecular weight is 613 g/mol. The standard InChI is InChI=1S/C26H34N4O4S.C2HF3O2/c1-16-13-17(2)25(18(3)14-16)35(33,34)28-21-10-11-24(23(15-21)26(31)32)29(6)12-8-9-22-19(4)27-30(7)20(22)5;3-2(4,5)1(6)7/h10-11,13-15,28H,8-9,12H2,1-7H3,(H,31,32);(H,6,7). The van der Waals surface area contributed by atoms with Crippen LogP contribution in [0.3, 0.4) is 0 Å². The Morgan fingerprint density at radius 2 is 1.57 bits per heavy atom. The Morgan fingerprint density at radius 3 is 2.02 bits per heavy atom. The summed E-state index contributed by atoms with van der Waals surface area (Å²) in [5.41, 5.74) is 6.40. The van der Waals surface area contributed by atoms with Gasteiger partial charge in [0.1, 0.15) is 0 Å². The first-order chi connectivity index (χ1) is 19.3. The molecule has 10 nitrogen and oxygen atoms in total. The van der Waals surface area contributed by atoms with Crippen LogP contribution in [0.4, 0.5) is 24.5 Å². The first kappa shape index (κ1) is 34.1. The maximum atomic E-state index is 13.1. The largest absolute Gasteiger partial charge is 0.490 e. The number of carboxylic acid groups (broad SMARTS) is 2. The van der Waals surface area contributed by atoms with E-state index in [1.165, 1.54) is 11.6 Å². The van der Waals surface area contributed by atoms with Gasteiger partial charge in [-0.3, -0.25) is 9.40 Å². The number of hydrogen-bond donors (Lipinski definition) is 3. The summed E-state index contributed by atoms with van der Waals surface area (Å²) in [4.78, 5) is 23.0. The lowest BCUT2D eigenvalue weighted by Gasteiger charge is -2.22. The van der Waals surface area contributed by atoms with Crippen molar-refractivity contribution in [1.29, 1.82) is 0 Å². The van der Waals surface area contributed by atoms with Gasteiger partial charge < -0.3 is 15.1 Å². The summed E-state index contributed by atoms with van der Waals surface area (Å²) < 4.78 is 62.4. The van der Waals surface area contributed by atoms with Crippen LogP contribution in [-0.4, -0.2) is 60.1 Å². The molecule has 1 aromatic heterocycles. The van der Waals surface area contributed by atoms with E-state index in [-0.39, 0.29) is 16.1 Å². The number of hydrogen-bond acceptors (Lipinski definition) is 6. The molecule has 2 aromatic carbocycles. The Morgan fingerprint density at radius 1 is 1.02 bits per heavy atom. The van der Waals surface area contributed by atoms with Crippen LogP contribution in [-0.2, 0) is 28.3 Å². The van der Waals surface area contributed by atoms with E-state index in [1.54, 1.807) is 26.0 Å². The highest BCUT2D eigenvalue weighted by Crippen LogP contribution is 2.28. The number of carbonyl (C=O) groups is 2. The second kappa shape index (κ2) is 13.3. The molecule has 0 aliphatic rings. The number of aromatic carboxylic acids is 1. The van der Waals surface area contributed by atoms with Gasteiger partial charge in [-0.25, -0.2) is 18.0 Å². The van der Waals surface area contributed by atoms with Crippen molar-refractivity contribution >= 4 is 33.3 Å². The van der Waals surface area contributed by atoms with Gasteiger partial charge in [-0.1, -0.05) is 17.7 Å². The second-order valence-electron chi connectivity index (χ2n) is 9.97. The van der Waals surface area contributed by atoms with Gasteiger partial charge in [0.25, 0.3) is 10.0 Å². The van der Waals surface area contributed by atoms with Crippen LogP contribution < -0.4 is 9.62 Å². The number of anilines is 2. The van der Waals surface area contributed by atoms with Crippen molar-refractivity contribution in [3.05, 3.63) is 69.5 Å². The number of sulfonamides is 1. The zero-order valence-electron chi connectivity index (χ0n) is 24.4. The highest BCUT2D eigenvalue weighted by molar-refractivity contribution is 7.92. The van der Waals surface area contributed by atoms with E-state index in [0.29, 0.717) is 23.4 Å². The Hall–Kier alpha value is -4.07. The maximum absolute atomic E-state index is 13.1. The average Bonchev–Trinajstić information content (AvgIpc) is 3.08. The van der Waals surface area contributed by atoms with Gasteiger partial charge in [-0.2, -0.15) is 18.3 Å². The van der Waals surface area contributed by atoms with Crippen LogP contribution >= 0.6 is 0 Å². The number of aromatic nitrogens is 2. The summed E-state index contributed by atoms with van der Waals surface area (Å²) in [6, 6.07) is 8.26. The lowest BCUT2D eigenvalue weighted by molar-refractivity contribution is -0.192. The summed E-state index contributed by atoms with van der Waals surface area (Å²) >= 11 is 0. The van der Waals surface area contributed by atoms with Crippen LogP contribution in [0.25, 0.3) is 0 Å². The molecule has 0 radical (unpaired) electrons. The highest BCUT2D eigenvalue weighted by Gasteiger charge is 2.38. The van der Waals surface area contributed by atoms with Crippen molar-refractivity contribution in [2.45, 2.75) is 58.5 Å². The highest BCUT2D eigenvalue weighted by atomic mass is 32.2. The van der Waals surface area contributed by atoms with Crippen molar-refractivity contribution in [2.75, 3.05) is 23.2 Å². The molecule has 0 saturated carbocycles. The molecule has 0 fully saturated rings. The van der Waals surface area contributed by atoms with Crippen molar-refractivity contribution < 1.29 is 41.4 Å². The van der Waals surface area contributed by atoms with E-state index >= 15 is 0 Å². The molecule has 1 heterocycles. The molecule has 230 valence electrons. The molecule has 0 spiro atoms. The molecule has 0 aliphatic heterocycles. The third-order valence-corrected chi connectivity index (χ3v) is 8.27. The minimum atomic E-state index is -5.08. The molecule has 0 unspecified atom stereocenters. The Kier molecular flexibility index (Phi) is 10.8. The lowest BCUT2D eigenvalue weighted by atomic mass is 10.1. The van der Waals surface area contributed by atoms with Gasteiger partial charge in [0.15, 0.2) is 0 Å². The minimum absolute atomic E-state index is 0.0405. The van der Waals surface area contributed by atoms with Crippen LogP contribution in [0.5, 0.6) is 0 Å².